The van der Waals surface area contributed by atoms with Crippen LogP contribution in [0.1, 0.15) is 19.8 Å². The molecule has 0 aliphatic carbocycles. The minimum atomic E-state index is -0.560. The average molecular weight is 347 g/mol. The molecule has 2 N–H and O–H groups in total. The van der Waals surface area contributed by atoms with Gasteiger partial charge >= 0.3 is 0 Å². The van der Waals surface area contributed by atoms with Crippen molar-refractivity contribution < 1.29 is 18.7 Å². The topological polar surface area (TPSA) is 59.6 Å². The van der Waals surface area contributed by atoms with Gasteiger partial charge in [-0.3, -0.25) is 4.79 Å². The first-order chi connectivity index (χ1) is 10.6. The van der Waals surface area contributed by atoms with Gasteiger partial charge in [0.1, 0.15) is 0 Å². The number of carbonyl (C=O) groups excluding carboxylic acids is 1. The van der Waals surface area contributed by atoms with E-state index in [-0.39, 0.29) is 24.1 Å². The molecule has 0 unspecified atom stereocenters. The predicted molar refractivity (Wildman–Crippen MR) is 89.9 cm³/mol. The number of ether oxygens (including phenoxy) is 2. The van der Waals surface area contributed by atoms with Gasteiger partial charge in [0.25, 0.3) is 0 Å². The van der Waals surface area contributed by atoms with Crippen LogP contribution in [-0.2, 0) is 9.53 Å². The molecule has 1 saturated heterocycles. The molecule has 0 aromatic heterocycles. The highest BCUT2D eigenvalue weighted by Crippen LogP contribution is 2.31. The highest BCUT2D eigenvalue weighted by Gasteiger charge is 2.39. The third-order valence-electron chi connectivity index (χ3n) is 3.95. The van der Waals surface area contributed by atoms with Gasteiger partial charge in [-0.15, -0.1) is 12.4 Å². The van der Waals surface area contributed by atoms with Crippen LogP contribution in [0.5, 0.6) is 5.75 Å². The van der Waals surface area contributed by atoms with Gasteiger partial charge in [-0.2, -0.15) is 0 Å². The summed E-state index contributed by atoms with van der Waals surface area (Å²) in [6.45, 7) is 4.09. The second-order valence-corrected chi connectivity index (χ2v) is 5.50. The lowest BCUT2D eigenvalue weighted by atomic mass is 9.78. The minimum Gasteiger partial charge on any atom is -0.491 e. The van der Waals surface area contributed by atoms with E-state index in [1.54, 1.807) is 20.1 Å². The third-order valence-corrected chi connectivity index (χ3v) is 3.95. The lowest BCUT2D eigenvalue weighted by Crippen LogP contribution is -2.47. The molecule has 1 aromatic rings. The van der Waals surface area contributed by atoms with Crippen molar-refractivity contribution in [3.05, 3.63) is 24.0 Å². The maximum absolute atomic E-state index is 13.9. The Morgan fingerprint density at radius 2 is 2.09 bits per heavy atom. The van der Waals surface area contributed by atoms with Crippen molar-refractivity contribution in [1.82, 2.24) is 5.32 Å². The molecule has 0 bridgehead atoms. The molecule has 23 heavy (non-hydrogen) atoms. The van der Waals surface area contributed by atoms with Crippen molar-refractivity contribution in [2.75, 3.05) is 38.7 Å². The number of benzene rings is 1. The Hall–Kier alpha value is -1.37. The molecule has 1 heterocycles. The maximum Gasteiger partial charge on any atom is 0.233 e. The summed E-state index contributed by atoms with van der Waals surface area (Å²) in [5.41, 5.74) is -0.130. The fourth-order valence-corrected chi connectivity index (χ4v) is 2.73. The molecular formula is C16H24ClFN2O3. The summed E-state index contributed by atoms with van der Waals surface area (Å²) in [7, 11) is 1.59. The molecule has 2 rings (SSSR count). The van der Waals surface area contributed by atoms with Crippen LogP contribution in [0.2, 0.25) is 0 Å². The standard InChI is InChI=1S/C16H23FN2O3.ClH/c1-3-22-14-5-4-12(10-13(14)17)19-15(20)16(11-21-2)6-8-18-9-7-16;/h4-5,10,18H,3,6-9,11H2,1-2H3,(H,19,20);1H. The SMILES string of the molecule is CCOc1ccc(NC(=O)C2(COC)CCNCC2)cc1F.Cl. The van der Waals surface area contributed by atoms with E-state index < -0.39 is 11.2 Å². The molecule has 1 fully saturated rings. The first kappa shape index (κ1) is 19.7. The molecule has 130 valence electrons. The first-order valence-electron chi connectivity index (χ1n) is 7.55. The number of hydrogen-bond acceptors (Lipinski definition) is 4. The maximum atomic E-state index is 13.9. The van der Waals surface area contributed by atoms with E-state index in [1.807, 2.05) is 0 Å². The number of carbonyl (C=O) groups is 1. The van der Waals surface area contributed by atoms with E-state index in [0.29, 0.717) is 31.7 Å². The number of anilines is 1. The molecule has 0 atom stereocenters. The van der Waals surface area contributed by atoms with Crippen molar-refractivity contribution in [2.24, 2.45) is 5.41 Å². The first-order valence-corrected chi connectivity index (χ1v) is 7.55. The van der Waals surface area contributed by atoms with Crippen LogP contribution in [0.4, 0.5) is 10.1 Å². The van der Waals surface area contributed by atoms with Gasteiger partial charge in [0.15, 0.2) is 11.6 Å². The molecule has 7 heteroatoms. The van der Waals surface area contributed by atoms with Gasteiger partial charge in [0.2, 0.25) is 5.91 Å². The van der Waals surface area contributed by atoms with E-state index in [1.165, 1.54) is 12.1 Å². The Morgan fingerprint density at radius 1 is 1.39 bits per heavy atom. The highest BCUT2D eigenvalue weighted by atomic mass is 35.5. The number of nitrogens with one attached hydrogen (secondary N) is 2. The Morgan fingerprint density at radius 3 is 2.65 bits per heavy atom. The smallest absolute Gasteiger partial charge is 0.233 e. The van der Waals surface area contributed by atoms with Crippen LogP contribution in [0.25, 0.3) is 0 Å². The lowest BCUT2D eigenvalue weighted by Gasteiger charge is -2.35. The van der Waals surface area contributed by atoms with Gasteiger partial charge < -0.3 is 20.1 Å². The second kappa shape index (κ2) is 9.05. The second-order valence-electron chi connectivity index (χ2n) is 5.50. The van der Waals surface area contributed by atoms with Crippen molar-refractivity contribution in [1.29, 1.82) is 0 Å². The molecular weight excluding hydrogens is 323 g/mol. The van der Waals surface area contributed by atoms with Crippen molar-refractivity contribution >= 4 is 24.0 Å². The molecule has 1 aliphatic rings. The Balaban J connectivity index is 0.00000264. The third kappa shape index (κ3) is 4.80. The van der Waals surface area contributed by atoms with Gasteiger partial charge in [-0.1, -0.05) is 0 Å². The quantitative estimate of drug-likeness (QED) is 0.831. The Kier molecular flexibility index (Phi) is 7.75. The Labute approximate surface area is 142 Å². The van der Waals surface area contributed by atoms with E-state index in [0.717, 1.165) is 13.1 Å². The zero-order chi connectivity index (χ0) is 16.0. The van der Waals surface area contributed by atoms with Crippen LogP contribution in [0.3, 0.4) is 0 Å². The fraction of sp³-hybridized carbons (Fsp3) is 0.562. The van der Waals surface area contributed by atoms with Gasteiger partial charge in [0.05, 0.1) is 18.6 Å². The molecule has 5 nitrogen and oxygen atoms in total. The molecule has 1 aromatic carbocycles. The summed E-state index contributed by atoms with van der Waals surface area (Å²) in [6.07, 6.45) is 1.40. The highest BCUT2D eigenvalue weighted by molar-refractivity contribution is 5.95. The summed E-state index contributed by atoms with van der Waals surface area (Å²) in [4.78, 5) is 12.6. The fourth-order valence-electron chi connectivity index (χ4n) is 2.73. The molecule has 0 saturated carbocycles. The van der Waals surface area contributed by atoms with Gasteiger partial charge in [-0.05, 0) is 45.0 Å². The number of rotatable bonds is 6. The van der Waals surface area contributed by atoms with E-state index in [4.69, 9.17) is 9.47 Å². The lowest BCUT2D eigenvalue weighted by molar-refractivity contribution is -0.130. The average Bonchev–Trinajstić information content (AvgIpc) is 2.51. The summed E-state index contributed by atoms with van der Waals surface area (Å²) in [5.74, 6) is -0.417. The minimum absolute atomic E-state index is 0. The van der Waals surface area contributed by atoms with E-state index >= 15 is 0 Å². The zero-order valence-electron chi connectivity index (χ0n) is 13.5. The Bertz CT molecular complexity index is 517. The summed E-state index contributed by atoms with van der Waals surface area (Å²) >= 11 is 0. The zero-order valence-corrected chi connectivity index (χ0v) is 14.3. The number of methoxy groups -OCH3 is 1. The van der Waals surface area contributed by atoms with Gasteiger partial charge in [-0.25, -0.2) is 4.39 Å². The van der Waals surface area contributed by atoms with Crippen LogP contribution in [-0.4, -0.2) is 39.3 Å². The van der Waals surface area contributed by atoms with Crippen LogP contribution in [0.15, 0.2) is 18.2 Å². The van der Waals surface area contributed by atoms with Crippen molar-refractivity contribution in [2.45, 2.75) is 19.8 Å². The number of halogens is 2. The van der Waals surface area contributed by atoms with E-state index in [2.05, 4.69) is 10.6 Å². The van der Waals surface area contributed by atoms with Crippen LogP contribution in [0, 0.1) is 11.2 Å². The molecule has 0 radical (unpaired) electrons. The number of amides is 1. The molecule has 1 aliphatic heterocycles. The molecule has 0 spiro atoms. The predicted octanol–water partition coefficient (Wildman–Crippen LogP) is 2.60. The van der Waals surface area contributed by atoms with Crippen molar-refractivity contribution in [3.8, 4) is 5.75 Å². The van der Waals surface area contributed by atoms with Crippen LogP contribution < -0.4 is 15.4 Å². The van der Waals surface area contributed by atoms with Gasteiger partial charge in [0, 0.05) is 18.9 Å². The van der Waals surface area contributed by atoms with Crippen molar-refractivity contribution in [3.63, 3.8) is 0 Å². The summed E-state index contributed by atoms with van der Waals surface area (Å²) in [6, 6.07) is 4.46. The summed E-state index contributed by atoms with van der Waals surface area (Å²) < 4.78 is 24.3. The normalized spacial score (nSPS) is 16.3. The summed E-state index contributed by atoms with van der Waals surface area (Å²) in [5, 5.41) is 6.04. The monoisotopic (exact) mass is 346 g/mol. The molecule has 1 amide bonds. The van der Waals surface area contributed by atoms with E-state index in [9.17, 15) is 9.18 Å². The number of piperidine rings is 1. The largest absolute Gasteiger partial charge is 0.491 e. The van der Waals surface area contributed by atoms with Crippen LogP contribution >= 0.6 is 12.4 Å². The number of hydrogen-bond donors (Lipinski definition) is 2.